The summed E-state index contributed by atoms with van der Waals surface area (Å²) in [5, 5.41) is 20.1. The van der Waals surface area contributed by atoms with Crippen molar-refractivity contribution in [1.82, 2.24) is 0 Å². The Bertz CT molecular complexity index is 714. The van der Waals surface area contributed by atoms with E-state index in [0.717, 1.165) is 12.8 Å². The summed E-state index contributed by atoms with van der Waals surface area (Å²) in [4.78, 5) is 0. The van der Waals surface area contributed by atoms with Gasteiger partial charge in [-0.05, 0) is 98.7 Å². The van der Waals surface area contributed by atoms with E-state index in [2.05, 4.69) is 54.2 Å². The van der Waals surface area contributed by atoms with Crippen LogP contribution in [-0.4, -0.2) is 29.7 Å². The zero-order chi connectivity index (χ0) is 28.2. The van der Waals surface area contributed by atoms with E-state index < -0.39 is 6.29 Å². The zero-order valence-electron chi connectivity index (χ0n) is 26.2. The van der Waals surface area contributed by atoms with Gasteiger partial charge in [-0.2, -0.15) is 0 Å². The van der Waals surface area contributed by atoms with Gasteiger partial charge in [0.2, 0.25) is 0 Å². The second-order valence-corrected chi connectivity index (χ2v) is 13.0. The molecule has 0 bridgehead atoms. The number of aliphatic hydroxyl groups is 2. The van der Waals surface area contributed by atoms with Gasteiger partial charge in [-0.1, -0.05) is 97.3 Å². The Balaban J connectivity index is 2.60. The van der Waals surface area contributed by atoms with Crippen molar-refractivity contribution in [1.29, 1.82) is 0 Å². The fourth-order valence-electron chi connectivity index (χ4n) is 9.14. The predicted molar refractivity (Wildman–Crippen MR) is 163 cm³/mol. The Hall–Kier alpha value is -0.640. The average molecular weight is 533 g/mol. The molecule has 38 heavy (non-hydrogen) atoms. The van der Waals surface area contributed by atoms with Gasteiger partial charge >= 0.3 is 0 Å². The molecule has 2 N–H and O–H groups in total. The second-order valence-electron chi connectivity index (χ2n) is 13.0. The summed E-state index contributed by atoms with van der Waals surface area (Å²) in [6.45, 7) is 19.4. The molecule has 0 aromatic carbocycles. The van der Waals surface area contributed by atoms with Crippen molar-refractivity contribution in [3.8, 4) is 0 Å². The molecule has 0 fully saturated rings. The average Bonchev–Trinajstić information content (AvgIpc) is 3.12. The van der Waals surface area contributed by atoms with Gasteiger partial charge in [0.15, 0.2) is 6.29 Å². The van der Waals surface area contributed by atoms with Gasteiger partial charge in [0, 0.05) is 6.61 Å². The van der Waals surface area contributed by atoms with E-state index in [-0.39, 0.29) is 17.4 Å². The summed E-state index contributed by atoms with van der Waals surface area (Å²) in [6.07, 6.45) is 20.1. The van der Waals surface area contributed by atoms with Crippen LogP contribution in [-0.2, 0) is 4.74 Å². The van der Waals surface area contributed by atoms with Crippen molar-refractivity contribution >= 4 is 0 Å². The van der Waals surface area contributed by atoms with Crippen LogP contribution in [0.1, 0.15) is 144 Å². The molecule has 7 atom stereocenters. The van der Waals surface area contributed by atoms with Crippen molar-refractivity contribution in [2.24, 2.45) is 34.5 Å². The summed E-state index contributed by atoms with van der Waals surface area (Å²) in [5.41, 5.74) is 3.98. The van der Waals surface area contributed by atoms with E-state index in [9.17, 15) is 10.2 Å². The molecule has 0 saturated heterocycles. The molecule has 0 saturated carbocycles. The number of hydrogen-bond acceptors (Lipinski definition) is 3. The molecule has 0 aromatic rings. The fraction of sp³-hybridized carbons (Fsp3) is 0.886. The maximum atomic E-state index is 10.9. The summed E-state index contributed by atoms with van der Waals surface area (Å²) in [5.74, 6) is 2.61. The van der Waals surface area contributed by atoms with Crippen molar-refractivity contribution in [3.05, 3.63) is 23.8 Å². The minimum Gasteiger partial charge on any atom is -0.396 e. The van der Waals surface area contributed by atoms with Crippen molar-refractivity contribution in [2.45, 2.75) is 151 Å². The van der Waals surface area contributed by atoms with Crippen LogP contribution >= 0.6 is 0 Å². The molecular weight excluding hydrogens is 468 g/mol. The van der Waals surface area contributed by atoms with Crippen LogP contribution in [0.15, 0.2) is 23.8 Å². The van der Waals surface area contributed by atoms with Crippen LogP contribution in [0.3, 0.4) is 0 Å². The van der Waals surface area contributed by atoms with Crippen molar-refractivity contribution in [2.75, 3.05) is 13.2 Å². The summed E-state index contributed by atoms with van der Waals surface area (Å²) >= 11 is 0. The van der Waals surface area contributed by atoms with Gasteiger partial charge < -0.3 is 14.9 Å². The van der Waals surface area contributed by atoms with E-state index >= 15 is 0 Å². The molecule has 0 aromatic heterocycles. The Morgan fingerprint density at radius 2 is 1.71 bits per heavy atom. The fourth-order valence-corrected chi connectivity index (χ4v) is 9.14. The molecule has 0 spiro atoms. The first-order valence-electron chi connectivity index (χ1n) is 16.5. The van der Waals surface area contributed by atoms with Gasteiger partial charge in [-0.3, -0.25) is 0 Å². The van der Waals surface area contributed by atoms with Crippen LogP contribution in [0.25, 0.3) is 0 Å². The number of rotatable bonds is 20. The highest BCUT2D eigenvalue weighted by Crippen LogP contribution is 2.64. The lowest BCUT2D eigenvalue weighted by Gasteiger charge is -2.53. The number of aliphatic hydroxyl groups excluding tert-OH is 2. The number of unbranched alkanes of at least 4 members (excludes halogenated alkanes) is 1. The molecule has 2 aliphatic rings. The van der Waals surface area contributed by atoms with Gasteiger partial charge in [-0.25, -0.2) is 0 Å². The molecule has 3 heteroatoms. The summed E-state index contributed by atoms with van der Waals surface area (Å²) in [7, 11) is 0. The molecule has 222 valence electrons. The van der Waals surface area contributed by atoms with Crippen LogP contribution in [0.5, 0.6) is 0 Å². The van der Waals surface area contributed by atoms with Gasteiger partial charge in [0.1, 0.15) is 0 Å². The van der Waals surface area contributed by atoms with Crippen LogP contribution in [0.2, 0.25) is 0 Å². The first-order valence-corrected chi connectivity index (χ1v) is 16.5. The molecule has 6 unspecified atom stereocenters. The van der Waals surface area contributed by atoms with E-state index in [4.69, 9.17) is 4.74 Å². The standard InChI is InChI=1S/C35H64O3/c1-8-13-19-29(12-5)35(28(11-4)17-9-2,23-22-33(37)38-25-16-24-36)26-34(7)31(18-10-3)27(6)30-20-14-15-21-32(30)34/h10,27-29,31,33,36-37H,3,8-9,11-26H2,1-2,4-7H3/t27-,28?,29?,31?,33?,34?,35?/m1/s1. The maximum Gasteiger partial charge on any atom is 0.154 e. The van der Waals surface area contributed by atoms with Crippen LogP contribution < -0.4 is 0 Å². The molecular formula is C35H64O3. The monoisotopic (exact) mass is 532 g/mol. The SMILES string of the molecule is C=CCC1[C@H](C)C2=C(CCCC2)C1(C)CC(CCC(O)OCCCO)(C(CC)CCC)C(CC)CCCC. The topological polar surface area (TPSA) is 49.7 Å². The molecule has 2 rings (SSSR count). The highest BCUT2D eigenvalue weighted by atomic mass is 16.6. The normalized spacial score (nSPS) is 27.6. The molecule has 0 aliphatic heterocycles. The lowest BCUT2D eigenvalue weighted by molar-refractivity contribution is -0.121. The Kier molecular flexibility index (Phi) is 14.6. The summed E-state index contributed by atoms with van der Waals surface area (Å²) in [6, 6.07) is 0. The summed E-state index contributed by atoms with van der Waals surface area (Å²) < 4.78 is 5.78. The third-order valence-electron chi connectivity index (χ3n) is 10.9. The van der Waals surface area contributed by atoms with Gasteiger partial charge in [0.25, 0.3) is 0 Å². The number of hydrogen-bond donors (Lipinski definition) is 2. The maximum absolute atomic E-state index is 10.9. The number of ether oxygens (including phenoxy) is 1. The molecule has 0 amide bonds. The minimum absolute atomic E-state index is 0.110. The number of allylic oxidation sites excluding steroid dienone is 3. The van der Waals surface area contributed by atoms with Crippen molar-refractivity contribution in [3.63, 3.8) is 0 Å². The smallest absolute Gasteiger partial charge is 0.154 e. The van der Waals surface area contributed by atoms with Crippen molar-refractivity contribution < 1.29 is 14.9 Å². The third kappa shape index (κ3) is 7.76. The Morgan fingerprint density at radius 3 is 2.32 bits per heavy atom. The first-order chi connectivity index (χ1) is 18.3. The zero-order valence-corrected chi connectivity index (χ0v) is 26.2. The second kappa shape index (κ2) is 16.6. The largest absolute Gasteiger partial charge is 0.396 e. The lowest BCUT2D eigenvalue weighted by atomic mass is 9.51. The lowest BCUT2D eigenvalue weighted by Crippen LogP contribution is -2.45. The van der Waals surface area contributed by atoms with Gasteiger partial charge in [-0.15, -0.1) is 6.58 Å². The van der Waals surface area contributed by atoms with Crippen LogP contribution in [0.4, 0.5) is 0 Å². The molecule has 3 nitrogen and oxygen atoms in total. The third-order valence-corrected chi connectivity index (χ3v) is 10.9. The Morgan fingerprint density at radius 1 is 1.03 bits per heavy atom. The molecule has 2 aliphatic carbocycles. The highest BCUT2D eigenvalue weighted by Gasteiger charge is 2.54. The van der Waals surface area contributed by atoms with E-state index in [1.807, 2.05) is 5.57 Å². The predicted octanol–water partition coefficient (Wildman–Crippen LogP) is 9.62. The van der Waals surface area contributed by atoms with E-state index in [1.54, 1.807) is 5.57 Å². The highest BCUT2D eigenvalue weighted by molar-refractivity contribution is 5.35. The van der Waals surface area contributed by atoms with E-state index in [1.165, 1.54) is 77.0 Å². The van der Waals surface area contributed by atoms with E-state index in [0.29, 0.717) is 43.1 Å². The van der Waals surface area contributed by atoms with Gasteiger partial charge in [0.05, 0.1) is 6.61 Å². The van der Waals surface area contributed by atoms with Crippen LogP contribution in [0, 0.1) is 34.5 Å². The molecule has 0 heterocycles. The quantitative estimate of drug-likeness (QED) is 0.0932. The Labute approximate surface area is 236 Å². The molecule has 0 radical (unpaired) electrons. The minimum atomic E-state index is -0.743. The first kappa shape index (κ1) is 33.6.